The second-order valence-corrected chi connectivity index (χ2v) is 3.68. The zero-order chi connectivity index (χ0) is 5.07. The number of rotatable bonds is 0. The summed E-state index contributed by atoms with van der Waals surface area (Å²) in [5.74, 6) is 0.792. The van der Waals surface area contributed by atoms with Gasteiger partial charge in [-0.2, -0.15) is 0 Å². The topological polar surface area (TPSA) is 0 Å². The maximum Gasteiger partial charge on any atom is 0.171 e. The molecule has 0 nitrogen and oxygen atoms in total. The van der Waals surface area contributed by atoms with Crippen molar-refractivity contribution in [3.05, 3.63) is 0 Å². The lowest BCUT2D eigenvalue weighted by Crippen LogP contribution is -1.93. The maximum absolute atomic E-state index is 12.6. The Morgan fingerprint density at radius 2 is 1.86 bits per heavy atom. The highest BCUT2D eigenvalue weighted by molar-refractivity contribution is 9.10. The second kappa shape index (κ2) is 0.903. The Hall–Kier alpha value is 0.410. The molecule has 40 valence electrons. The van der Waals surface area contributed by atoms with E-state index >= 15 is 0 Å². The Morgan fingerprint density at radius 1 is 1.43 bits per heavy atom. The summed E-state index contributed by atoms with van der Waals surface area (Å²) in [5.41, 5.74) is 0. The van der Waals surface area contributed by atoms with Crippen molar-refractivity contribution in [2.24, 2.45) is 11.8 Å². The molecule has 0 aromatic carbocycles. The van der Waals surface area contributed by atoms with Crippen molar-refractivity contribution >= 4 is 15.9 Å². The lowest BCUT2D eigenvalue weighted by molar-refractivity contribution is 0.420. The predicted octanol–water partition coefficient (Wildman–Crippen LogP) is 2.09. The minimum absolute atomic E-state index is 0.396. The van der Waals surface area contributed by atoms with Gasteiger partial charge in [0.05, 0.1) is 0 Å². The summed E-state index contributed by atoms with van der Waals surface area (Å²) in [6.07, 6.45) is 2.21. The Morgan fingerprint density at radius 3 is 1.86 bits per heavy atom. The number of fused-ring (bicyclic) bond motifs is 1. The van der Waals surface area contributed by atoms with E-state index in [-0.39, 0.29) is 0 Å². The third-order valence-corrected chi connectivity index (χ3v) is 3.33. The fraction of sp³-hybridized carbons (Fsp3) is 1.00. The first-order chi connectivity index (χ1) is 3.23. The number of alkyl halides is 2. The molecule has 2 aliphatic carbocycles. The molecule has 0 spiro atoms. The first-order valence-electron chi connectivity index (χ1n) is 2.61. The van der Waals surface area contributed by atoms with Gasteiger partial charge in [-0.3, -0.25) is 0 Å². The molecule has 1 unspecified atom stereocenters. The van der Waals surface area contributed by atoms with Crippen LogP contribution < -0.4 is 0 Å². The summed E-state index contributed by atoms with van der Waals surface area (Å²) < 4.78 is 11.7. The molecule has 0 saturated heterocycles. The van der Waals surface area contributed by atoms with Crippen LogP contribution in [0.1, 0.15) is 12.8 Å². The van der Waals surface area contributed by atoms with Crippen LogP contribution >= 0.6 is 15.9 Å². The Labute approximate surface area is 50.2 Å². The van der Waals surface area contributed by atoms with Crippen LogP contribution in [0.2, 0.25) is 0 Å². The third-order valence-electron chi connectivity index (χ3n) is 2.15. The van der Waals surface area contributed by atoms with Gasteiger partial charge in [-0.05, 0) is 28.8 Å². The third kappa shape index (κ3) is 0.331. The molecule has 0 aliphatic heterocycles. The lowest BCUT2D eigenvalue weighted by atomic mass is 10.0. The highest BCUT2D eigenvalue weighted by atomic mass is 79.9. The van der Waals surface area contributed by atoms with Crippen LogP contribution in [-0.4, -0.2) is 4.58 Å². The molecule has 2 saturated carbocycles. The van der Waals surface area contributed by atoms with Crippen LogP contribution in [0.4, 0.5) is 4.39 Å². The molecule has 0 aromatic heterocycles. The quantitative estimate of drug-likeness (QED) is 0.482. The van der Waals surface area contributed by atoms with Gasteiger partial charge in [0.25, 0.3) is 0 Å². The van der Waals surface area contributed by atoms with E-state index in [2.05, 4.69) is 15.9 Å². The molecule has 0 radical (unpaired) electrons. The van der Waals surface area contributed by atoms with Gasteiger partial charge in [-0.15, -0.1) is 0 Å². The van der Waals surface area contributed by atoms with Gasteiger partial charge in [-0.25, -0.2) is 4.39 Å². The van der Waals surface area contributed by atoms with Crippen LogP contribution in [0.5, 0.6) is 0 Å². The molecule has 2 rings (SSSR count). The van der Waals surface area contributed by atoms with E-state index < -0.39 is 4.58 Å². The van der Waals surface area contributed by atoms with Crippen molar-refractivity contribution in [1.82, 2.24) is 0 Å². The SMILES string of the molecule is FC1(Br)[C@@H]2CC[C@@H]21. The van der Waals surface area contributed by atoms with E-state index in [0.717, 1.165) is 12.8 Å². The van der Waals surface area contributed by atoms with Crippen molar-refractivity contribution in [3.8, 4) is 0 Å². The molecular weight excluding hydrogens is 159 g/mol. The fourth-order valence-electron chi connectivity index (χ4n) is 1.35. The molecule has 2 aliphatic rings. The Kier molecular flexibility index (Phi) is 0.556. The monoisotopic (exact) mass is 164 g/mol. The Bertz CT molecular complexity index is 98.6. The minimum Gasteiger partial charge on any atom is -0.231 e. The summed E-state index contributed by atoms with van der Waals surface area (Å²) in [4.78, 5) is 0. The van der Waals surface area contributed by atoms with Crippen LogP contribution in [0.25, 0.3) is 0 Å². The average molecular weight is 165 g/mol. The van der Waals surface area contributed by atoms with Crippen molar-refractivity contribution in [2.75, 3.05) is 0 Å². The predicted molar refractivity (Wildman–Crippen MR) is 29.0 cm³/mol. The van der Waals surface area contributed by atoms with E-state index in [9.17, 15) is 4.39 Å². The standard InChI is InChI=1S/C5H6BrF/c6-5(7)3-1-2-4(3)5/h3-4H,1-2H2/t3-,4+,5?. The Balaban J connectivity index is 2.18. The van der Waals surface area contributed by atoms with Crippen molar-refractivity contribution < 1.29 is 4.39 Å². The molecule has 0 aromatic rings. The second-order valence-electron chi connectivity index (χ2n) is 2.46. The molecule has 3 atom stereocenters. The van der Waals surface area contributed by atoms with Gasteiger partial charge in [0.1, 0.15) is 0 Å². The summed E-state index contributed by atoms with van der Waals surface area (Å²) in [6, 6.07) is 0. The number of halogens is 2. The van der Waals surface area contributed by atoms with E-state index in [1.807, 2.05) is 0 Å². The molecule has 0 bridgehead atoms. The smallest absolute Gasteiger partial charge is 0.171 e. The molecule has 0 amide bonds. The van der Waals surface area contributed by atoms with E-state index in [4.69, 9.17) is 0 Å². The fourth-order valence-corrected chi connectivity index (χ4v) is 2.31. The highest BCUT2D eigenvalue weighted by Gasteiger charge is 2.69. The van der Waals surface area contributed by atoms with Gasteiger partial charge in [-0.1, -0.05) is 0 Å². The van der Waals surface area contributed by atoms with Crippen molar-refractivity contribution in [3.63, 3.8) is 0 Å². The largest absolute Gasteiger partial charge is 0.231 e. The minimum atomic E-state index is -0.910. The number of hydrogen-bond acceptors (Lipinski definition) is 0. The summed E-state index contributed by atoms with van der Waals surface area (Å²) >= 11 is 3.01. The molecule has 0 N–H and O–H groups in total. The van der Waals surface area contributed by atoms with Crippen molar-refractivity contribution in [1.29, 1.82) is 0 Å². The molecule has 0 heterocycles. The lowest BCUT2D eigenvalue weighted by Gasteiger charge is -2.02. The first-order valence-corrected chi connectivity index (χ1v) is 3.40. The van der Waals surface area contributed by atoms with Crippen LogP contribution in [0.15, 0.2) is 0 Å². The zero-order valence-corrected chi connectivity index (χ0v) is 5.41. The van der Waals surface area contributed by atoms with E-state index in [1.54, 1.807) is 0 Å². The highest BCUT2D eigenvalue weighted by Crippen LogP contribution is 2.69. The zero-order valence-electron chi connectivity index (χ0n) is 3.82. The molecular formula is C5H6BrF. The van der Waals surface area contributed by atoms with Gasteiger partial charge in [0, 0.05) is 11.8 Å². The summed E-state index contributed by atoms with van der Waals surface area (Å²) in [5, 5.41) is 0. The van der Waals surface area contributed by atoms with Gasteiger partial charge in [0.15, 0.2) is 4.58 Å². The van der Waals surface area contributed by atoms with Crippen LogP contribution in [0.3, 0.4) is 0 Å². The average Bonchev–Trinajstić information content (AvgIpc) is 1.52. The molecule has 7 heavy (non-hydrogen) atoms. The molecule has 2 heteroatoms. The van der Waals surface area contributed by atoms with Gasteiger partial charge >= 0.3 is 0 Å². The summed E-state index contributed by atoms with van der Waals surface area (Å²) in [7, 11) is 0. The van der Waals surface area contributed by atoms with Crippen molar-refractivity contribution in [2.45, 2.75) is 17.4 Å². The molecule has 2 fully saturated rings. The normalized spacial score (nSPS) is 66.0. The van der Waals surface area contributed by atoms with E-state index in [0.29, 0.717) is 11.8 Å². The van der Waals surface area contributed by atoms with Gasteiger partial charge < -0.3 is 0 Å². The maximum atomic E-state index is 12.6. The first kappa shape index (κ1) is 4.30. The van der Waals surface area contributed by atoms with E-state index in [1.165, 1.54) is 0 Å². The van der Waals surface area contributed by atoms with Crippen LogP contribution in [0, 0.1) is 11.8 Å². The summed E-state index contributed by atoms with van der Waals surface area (Å²) in [6.45, 7) is 0. The van der Waals surface area contributed by atoms with Crippen LogP contribution in [-0.2, 0) is 0 Å². The number of hydrogen-bond donors (Lipinski definition) is 0. The van der Waals surface area contributed by atoms with Gasteiger partial charge in [0.2, 0.25) is 0 Å².